The van der Waals surface area contributed by atoms with Crippen molar-refractivity contribution in [1.29, 1.82) is 0 Å². The molecule has 104 valence electrons. The van der Waals surface area contributed by atoms with E-state index in [1.165, 1.54) is 0 Å². The van der Waals surface area contributed by atoms with Crippen LogP contribution in [0.2, 0.25) is 0 Å². The third kappa shape index (κ3) is 3.42. The molecule has 2 N–H and O–H groups in total. The zero-order valence-electron chi connectivity index (χ0n) is 10.8. The van der Waals surface area contributed by atoms with Gasteiger partial charge in [0.2, 0.25) is 5.88 Å². The molecule has 2 atom stereocenters. The number of nitrogens with zero attached hydrogens (tertiary/aromatic N) is 2. The lowest BCUT2D eigenvalue weighted by atomic mass is 9.94. The topological polar surface area (TPSA) is 82.9 Å². The fourth-order valence-corrected chi connectivity index (χ4v) is 2.28. The first-order valence-corrected chi connectivity index (χ1v) is 6.22. The largest absolute Gasteiger partial charge is 0.481 e. The Morgan fingerprint density at radius 3 is 2.95 bits per heavy atom. The van der Waals surface area contributed by atoms with Crippen LogP contribution in [0.4, 0.5) is 0 Å². The minimum absolute atomic E-state index is 0.364. The highest BCUT2D eigenvalue weighted by Crippen LogP contribution is 2.19. The van der Waals surface area contributed by atoms with Gasteiger partial charge in [-0.15, -0.1) is 0 Å². The van der Waals surface area contributed by atoms with E-state index >= 15 is 0 Å². The lowest BCUT2D eigenvalue weighted by Gasteiger charge is -2.33. The summed E-state index contributed by atoms with van der Waals surface area (Å²) in [5, 5.41) is 18.7. The number of aromatic nitrogens is 1. The van der Waals surface area contributed by atoms with Gasteiger partial charge in [-0.05, 0) is 12.0 Å². The van der Waals surface area contributed by atoms with Gasteiger partial charge in [0.15, 0.2) is 0 Å². The van der Waals surface area contributed by atoms with Gasteiger partial charge >= 0.3 is 5.97 Å². The van der Waals surface area contributed by atoms with Gasteiger partial charge in [-0.25, -0.2) is 4.98 Å². The number of hydrogen-bond acceptors (Lipinski definition) is 5. The molecule has 2 heterocycles. The van der Waals surface area contributed by atoms with E-state index in [1.54, 1.807) is 19.4 Å². The molecule has 0 unspecified atom stereocenters. The lowest BCUT2D eigenvalue weighted by molar-refractivity contribution is -0.149. The smallest absolute Gasteiger partial charge is 0.310 e. The molecule has 2 rings (SSSR count). The molecule has 1 aliphatic heterocycles. The van der Waals surface area contributed by atoms with Crippen LogP contribution in [-0.4, -0.2) is 52.4 Å². The SMILES string of the molecule is COc1ccc(CN2CC[C@H](O)[C@H](C(=O)O)C2)cn1. The molecule has 1 aromatic heterocycles. The summed E-state index contributed by atoms with van der Waals surface area (Å²) in [6.45, 7) is 1.69. The molecule has 1 fully saturated rings. The van der Waals surface area contributed by atoms with Crippen LogP contribution in [0.25, 0.3) is 0 Å². The van der Waals surface area contributed by atoms with Gasteiger partial charge in [-0.3, -0.25) is 9.69 Å². The number of hydrogen-bond donors (Lipinski definition) is 2. The number of ether oxygens (including phenoxy) is 1. The van der Waals surface area contributed by atoms with Crippen LogP contribution in [-0.2, 0) is 11.3 Å². The van der Waals surface area contributed by atoms with Crippen molar-refractivity contribution in [2.75, 3.05) is 20.2 Å². The third-order valence-electron chi connectivity index (χ3n) is 3.39. The molecule has 0 saturated carbocycles. The van der Waals surface area contributed by atoms with E-state index in [-0.39, 0.29) is 0 Å². The molecule has 6 heteroatoms. The second kappa shape index (κ2) is 5.99. The van der Waals surface area contributed by atoms with Crippen molar-refractivity contribution in [2.45, 2.75) is 19.1 Å². The highest BCUT2D eigenvalue weighted by molar-refractivity contribution is 5.71. The van der Waals surface area contributed by atoms with E-state index in [0.29, 0.717) is 31.9 Å². The maximum Gasteiger partial charge on any atom is 0.310 e. The Bertz CT molecular complexity index is 435. The summed E-state index contributed by atoms with van der Waals surface area (Å²) in [6, 6.07) is 3.69. The minimum Gasteiger partial charge on any atom is -0.481 e. The number of piperidine rings is 1. The second-order valence-corrected chi connectivity index (χ2v) is 4.74. The molecule has 0 radical (unpaired) electrons. The molecule has 0 aliphatic carbocycles. The van der Waals surface area contributed by atoms with Gasteiger partial charge in [0.05, 0.1) is 19.1 Å². The number of aliphatic carboxylic acids is 1. The Morgan fingerprint density at radius 1 is 1.58 bits per heavy atom. The zero-order chi connectivity index (χ0) is 13.8. The van der Waals surface area contributed by atoms with E-state index in [2.05, 4.69) is 4.98 Å². The minimum atomic E-state index is -0.940. The highest BCUT2D eigenvalue weighted by Gasteiger charge is 2.32. The van der Waals surface area contributed by atoms with Crippen LogP contribution in [0, 0.1) is 5.92 Å². The van der Waals surface area contributed by atoms with Crippen LogP contribution >= 0.6 is 0 Å². The molecule has 6 nitrogen and oxygen atoms in total. The number of carboxylic acids is 1. The van der Waals surface area contributed by atoms with E-state index in [9.17, 15) is 9.90 Å². The molecule has 19 heavy (non-hydrogen) atoms. The van der Waals surface area contributed by atoms with Gasteiger partial charge < -0.3 is 14.9 Å². The van der Waals surface area contributed by atoms with Crippen molar-refractivity contribution in [1.82, 2.24) is 9.88 Å². The van der Waals surface area contributed by atoms with Crippen molar-refractivity contribution in [3.63, 3.8) is 0 Å². The fourth-order valence-electron chi connectivity index (χ4n) is 2.28. The van der Waals surface area contributed by atoms with Gasteiger partial charge in [0.25, 0.3) is 0 Å². The van der Waals surface area contributed by atoms with Crippen LogP contribution < -0.4 is 4.74 Å². The van der Waals surface area contributed by atoms with Crippen LogP contribution in [0.3, 0.4) is 0 Å². The first kappa shape index (κ1) is 13.8. The molecule has 1 aromatic rings. The van der Waals surface area contributed by atoms with Crippen molar-refractivity contribution in [3.8, 4) is 5.88 Å². The Morgan fingerprint density at radius 2 is 2.37 bits per heavy atom. The molecule has 0 bridgehead atoms. The maximum absolute atomic E-state index is 11.0. The van der Waals surface area contributed by atoms with Crippen molar-refractivity contribution < 1.29 is 19.7 Å². The van der Waals surface area contributed by atoms with Crippen molar-refractivity contribution in [3.05, 3.63) is 23.9 Å². The Labute approximate surface area is 111 Å². The Balaban J connectivity index is 1.97. The van der Waals surface area contributed by atoms with E-state index in [0.717, 1.165) is 5.56 Å². The fraction of sp³-hybridized carbons (Fsp3) is 0.538. The normalized spacial score (nSPS) is 24.1. The Hall–Kier alpha value is -1.66. The zero-order valence-corrected chi connectivity index (χ0v) is 10.8. The lowest BCUT2D eigenvalue weighted by Crippen LogP contribution is -2.46. The molecule has 1 saturated heterocycles. The molecular formula is C13H18N2O4. The number of pyridine rings is 1. The number of methoxy groups -OCH3 is 1. The summed E-state index contributed by atoms with van der Waals surface area (Å²) >= 11 is 0. The third-order valence-corrected chi connectivity index (χ3v) is 3.39. The molecule has 1 aliphatic rings. The first-order chi connectivity index (χ1) is 9.10. The predicted molar refractivity (Wildman–Crippen MR) is 67.8 cm³/mol. The molecule has 0 amide bonds. The van der Waals surface area contributed by atoms with Crippen molar-refractivity contribution >= 4 is 5.97 Å². The molecule has 0 aromatic carbocycles. The summed E-state index contributed by atoms with van der Waals surface area (Å²) in [7, 11) is 1.56. The van der Waals surface area contributed by atoms with Gasteiger partial charge in [0, 0.05) is 31.9 Å². The number of aliphatic hydroxyl groups is 1. The Kier molecular flexibility index (Phi) is 4.34. The van der Waals surface area contributed by atoms with E-state index in [4.69, 9.17) is 9.84 Å². The number of carboxylic acid groups (broad SMARTS) is 1. The average Bonchev–Trinajstić information content (AvgIpc) is 2.41. The van der Waals surface area contributed by atoms with Gasteiger partial charge in [-0.1, -0.05) is 6.07 Å². The maximum atomic E-state index is 11.0. The predicted octanol–water partition coefficient (Wildman–Crippen LogP) is 0.358. The summed E-state index contributed by atoms with van der Waals surface area (Å²) in [5.41, 5.74) is 1.00. The number of likely N-dealkylation sites (tertiary alicyclic amines) is 1. The first-order valence-electron chi connectivity index (χ1n) is 6.22. The molecule has 0 spiro atoms. The highest BCUT2D eigenvalue weighted by atomic mass is 16.5. The average molecular weight is 266 g/mol. The monoisotopic (exact) mass is 266 g/mol. The number of carbonyl (C=O) groups is 1. The van der Waals surface area contributed by atoms with Gasteiger partial charge in [-0.2, -0.15) is 0 Å². The summed E-state index contributed by atoms with van der Waals surface area (Å²) < 4.78 is 4.99. The standard InChI is InChI=1S/C13H18N2O4/c1-19-12-3-2-9(6-14-12)7-15-5-4-11(16)10(8-15)13(17)18/h2-3,6,10-11,16H,4-5,7-8H2,1H3,(H,17,18)/t10-,11+/m1/s1. The molecular weight excluding hydrogens is 248 g/mol. The summed E-state index contributed by atoms with van der Waals surface area (Å²) in [5.74, 6) is -1.09. The summed E-state index contributed by atoms with van der Waals surface area (Å²) in [4.78, 5) is 17.2. The van der Waals surface area contributed by atoms with Crippen LogP contribution in [0.5, 0.6) is 5.88 Å². The van der Waals surface area contributed by atoms with E-state index < -0.39 is 18.0 Å². The van der Waals surface area contributed by atoms with Crippen LogP contribution in [0.15, 0.2) is 18.3 Å². The quantitative estimate of drug-likeness (QED) is 0.818. The summed E-state index contributed by atoms with van der Waals surface area (Å²) in [6.07, 6.45) is 1.46. The van der Waals surface area contributed by atoms with Crippen LogP contribution in [0.1, 0.15) is 12.0 Å². The number of rotatable bonds is 4. The van der Waals surface area contributed by atoms with Crippen molar-refractivity contribution in [2.24, 2.45) is 5.92 Å². The number of aliphatic hydroxyl groups excluding tert-OH is 1. The van der Waals surface area contributed by atoms with Gasteiger partial charge in [0.1, 0.15) is 0 Å². The second-order valence-electron chi connectivity index (χ2n) is 4.74. The van der Waals surface area contributed by atoms with E-state index in [1.807, 2.05) is 11.0 Å².